The van der Waals surface area contributed by atoms with Gasteiger partial charge < -0.3 is 14.8 Å². The normalized spacial score (nSPS) is 16.9. The Kier molecular flexibility index (Phi) is 3.33. The highest BCUT2D eigenvalue weighted by molar-refractivity contribution is 5.82. The number of aliphatic hydroxyl groups is 1. The summed E-state index contributed by atoms with van der Waals surface area (Å²) in [5, 5.41) is 13.8. The number of fused-ring (bicyclic) bond motifs is 1. The standard InChI is InChI=1S/C16H21NO2/c1-12-14(13-4-2-3-5-15(13)19-12)10-17-11-16(6-7-16)8-9-18/h2-5,17-18H,6-11H2,1H3. The van der Waals surface area contributed by atoms with Crippen molar-refractivity contribution in [3.8, 4) is 0 Å². The second-order valence-electron chi connectivity index (χ2n) is 5.71. The van der Waals surface area contributed by atoms with Gasteiger partial charge in [0, 0.05) is 30.6 Å². The first-order chi connectivity index (χ1) is 9.24. The maximum atomic E-state index is 9.07. The number of aliphatic hydroxyl groups excluding tert-OH is 1. The third kappa shape index (κ3) is 2.53. The molecule has 102 valence electrons. The lowest BCUT2D eigenvalue weighted by Gasteiger charge is -2.14. The minimum Gasteiger partial charge on any atom is -0.461 e. The van der Waals surface area contributed by atoms with Crippen molar-refractivity contribution in [1.82, 2.24) is 5.32 Å². The minimum atomic E-state index is 0.301. The lowest BCUT2D eigenvalue weighted by Crippen LogP contribution is -2.24. The van der Waals surface area contributed by atoms with Gasteiger partial charge in [-0.25, -0.2) is 0 Å². The molecule has 0 spiro atoms. The molecule has 1 aromatic heterocycles. The van der Waals surface area contributed by atoms with Gasteiger partial charge in [0.05, 0.1) is 0 Å². The quantitative estimate of drug-likeness (QED) is 0.838. The molecule has 3 rings (SSSR count). The SMILES string of the molecule is Cc1oc2ccccc2c1CNCC1(CCO)CC1. The summed E-state index contributed by atoms with van der Waals surface area (Å²) < 4.78 is 5.76. The van der Waals surface area contributed by atoms with E-state index in [2.05, 4.69) is 17.4 Å². The van der Waals surface area contributed by atoms with Crippen LogP contribution in [-0.2, 0) is 6.54 Å². The van der Waals surface area contributed by atoms with Crippen molar-refractivity contribution in [2.24, 2.45) is 5.41 Å². The molecule has 2 aromatic rings. The molecule has 0 unspecified atom stereocenters. The zero-order valence-electron chi connectivity index (χ0n) is 11.4. The molecule has 3 heteroatoms. The Hall–Kier alpha value is -1.32. The molecule has 1 aliphatic carbocycles. The predicted octanol–water partition coefficient (Wildman–Crippen LogP) is 2.99. The van der Waals surface area contributed by atoms with Crippen LogP contribution in [0.5, 0.6) is 0 Å². The van der Waals surface area contributed by atoms with Crippen molar-refractivity contribution in [2.75, 3.05) is 13.2 Å². The van der Waals surface area contributed by atoms with Crippen molar-refractivity contribution in [3.05, 3.63) is 35.6 Å². The Balaban J connectivity index is 1.67. The molecule has 0 amide bonds. The van der Waals surface area contributed by atoms with E-state index < -0.39 is 0 Å². The molecule has 3 nitrogen and oxygen atoms in total. The van der Waals surface area contributed by atoms with Crippen LogP contribution in [0.1, 0.15) is 30.6 Å². The topological polar surface area (TPSA) is 45.4 Å². The molecule has 1 aliphatic rings. The van der Waals surface area contributed by atoms with E-state index in [0.717, 1.165) is 30.9 Å². The molecule has 0 saturated heterocycles. The zero-order valence-corrected chi connectivity index (χ0v) is 11.4. The second-order valence-corrected chi connectivity index (χ2v) is 5.71. The first-order valence-electron chi connectivity index (χ1n) is 7.03. The highest BCUT2D eigenvalue weighted by atomic mass is 16.3. The molecule has 2 N–H and O–H groups in total. The molecule has 1 fully saturated rings. The molecule has 0 bridgehead atoms. The van der Waals surface area contributed by atoms with Crippen LogP contribution in [0.25, 0.3) is 11.0 Å². The van der Waals surface area contributed by atoms with Gasteiger partial charge in [0.1, 0.15) is 11.3 Å². The number of benzene rings is 1. The number of para-hydroxylation sites is 1. The van der Waals surface area contributed by atoms with Crippen LogP contribution in [0.2, 0.25) is 0 Å². The average Bonchev–Trinajstić information content (AvgIpc) is 3.08. The van der Waals surface area contributed by atoms with E-state index in [4.69, 9.17) is 9.52 Å². The zero-order chi connectivity index (χ0) is 13.3. The van der Waals surface area contributed by atoms with Gasteiger partial charge in [-0.15, -0.1) is 0 Å². The third-order valence-electron chi connectivity index (χ3n) is 4.30. The first-order valence-corrected chi connectivity index (χ1v) is 7.03. The summed E-state index contributed by atoms with van der Waals surface area (Å²) in [4.78, 5) is 0. The largest absolute Gasteiger partial charge is 0.461 e. The van der Waals surface area contributed by atoms with Gasteiger partial charge in [-0.2, -0.15) is 0 Å². The molecule has 0 radical (unpaired) electrons. The fourth-order valence-corrected chi connectivity index (χ4v) is 2.82. The summed E-state index contributed by atoms with van der Waals surface area (Å²) in [5.74, 6) is 1.00. The lowest BCUT2D eigenvalue weighted by molar-refractivity contribution is 0.245. The van der Waals surface area contributed by atoms with Crippen molar-refractivity contribution < 1.29 is 9.52 Å². The van der Waals surface area contributed by atoms with Crippen LogP contribution in [0, 0.1) is 12.3 Å². The van der Waals surface area contributed by atoms with E-state index >= 15 is 0 Å². The maximum absolute atomic E-state index is 9.07. The molecular formula is C16H21NO2. The third-order valence-corrected chi connectivity index (χ3v) is 4.30. The summed E-state index contributed by atoms with van der Waals surface area (Å²) in [6.07, 6.45) is 3.41. The molecule has 0 atom stereocenters. The lowest BCUT2D eigenvalue weighted by atomic mass is 10.0. The summed E-state index contributed by atoms with van der Waals surface area (Å²) in [6.45, 7) is 4.16. The summed E-state index contributed by atoms with van der Waals surface area (Å²) in [6, 6.07) is 8.18. The van der Waals surface area contributed by atoms with Crippen LogP contribution in [0.4, 0.5) is 0 Å². The van der Waals surface area contributed by atoms with Crippen molar-refractivity contribution in [1.29, 1.82) is 0 Å². The number of hydrogen-bond donors (Lipinski definition) is 2. The van der Waals surface area contributed by atoms with E-state index in [9.17, 15) is 0 Å². The second kappa shape index (κ2) is 4.99. The number of nitrogens with one attached hydrogen (secondary N) is 1. The van der Waals surface area contributed by atoms with Gasteiger partial charge in [-0.05, 0) is 37.7 Å². The Bertz CT molecular complexity index is 569. The summed E-state index contributed by atoms with van der Waals surface area (Å²) >= 11 is 0. The summed E-state index contributed by atoms with van der Waals surface area (Å²) in [5.41, 5.74) is 2.59. The predicted molar refractivity (Wildman–Crippen MR) is 76.0 cm³/mol. The van der Waals surface area contributed by atoms with Crippen molar-refractivity contribution in [2.45, 2.75) is 32.7 Å². The van der Waals surface area contributed by atoms with E-state index in [-0.39, 0.29) is 0 Å². The molecule has 1 saturated carbocycles. The van der Waals surface area contributed by atoms with Crippen LogP contribution >= 0.6 is 0 Å². The van der Waals surface area contributed by atoms with E-state index in [1.54, 1.807) is 0 Å². The van der Waals surface area contributed by atoms with Gasteiger partial charge in [-0.1, -0.05) is 18.2 Å². The highest BCUT2D eigenvalue weighted by Gasteiger charge is 2.41. The Labute approximate surface area is 113 Å². The summed E-state index contributed by atoms with van der Waals surface area (Å²) in [7, 11) is 0. The molecule has 1 heterocycles. The average molecular weight is 259 g/mol. The Morgan fingerprint density at radius 2 is 2.11 bits per heavy atom. The van der Waals surface area contributed by atoms with E-state index in [0.29, 0.717) is 12.0 Å². The van der Waals surface area contributed by atoms with E-state index in [1.807, 2.05) is 19.1 Å². The van der Waals surface area contributed by atoms with Gasteiger partial charge in [-0.3, -0.25) is 0 Å². The van der Waals surface area contributed by atoms with Gasteiger partial charge in [0.25, 0.3) is 0 Å². The molecule has 0 aliphatic heterocycles. The van der Waals surface area contributed by atoms with Crippen molar-refractivity contribution in [3.63, 3.8) is 0 Å². The highest BCUT2D eigenvalue weighted by Crippen LogP contribution is 2.47. The Morgan fingerprint density at radius 3 is 2.84 bits per heavy atom. The van der Waals surface area contributed by atoms with Crippen molar-refractivity contribution >= 4 is 11.0 Å². The van der Waals surface area contributed by atoms with Gasteiger partial charge >= 0.3 is 0 Å². The monoisotopic (exact) mass is 259 g/mol. The van der Waals surface area contributed by atoms with E-state index in [1.165, 1.54) is 23.8 Å². The number of rotatable bonds is 6. The molecule has 1 aromatic carbocycles. The van der Waals surface area contributed by atoms with Gasteiger partial charge in [0.15, 0.2) is 0 Å². The fraction of sp³-hybridized carbons (Fsp3) is 0.500. The van der Waals surface area contributed by atoms with Gasteiger partial charge in [0.2, 0.25) is 0 Å². The minimum absolute atomic E-state index is 0.301. The van der Waals surface area contributed by atoms with Crippen LogP contribution < -0.4 is 5.32 Å². The van der Waals surface area contributed by atoms with Crippen LogP contribution in [0.15, 0.2) is 28.7 Å². The fourth-order valence-electron chi connectivity index (χ4n) is 2.82. The Morgan fingerprint density at radius 1 is 1.32 bits per heavy atom. The molecular weight excluding hydrogens is 238 g/mol. The maximum Gasteiger partial charge on any atom is 0.134 e. The number of hydrogen-bond acceptors (Lipinski definition) is 3. The first kappa shape index (κ1) is 12.7. The van der Waals surface area contributed by atoms with Crippen LogP contribution in [-0.4, -0.2) is 18.3 Å². The smallest absolute Gasteiger partial charge is 0.134 e. The molecule has 19 heavy (non-hydrogen) atoms. The number of aryl methyl sites for hydroxylation is 1. The number of furan rings is 1. The van der Waals surface area contributed by atoms with Crippen LogP contribution in [0.3, 0.4) is 0 Å².